The summed E-state index contributed by atoms with van der Waals surface area (Å²) in [6.45, 7) is 0.272. The van der Waals surface area contributed by atoms with Gasteiger partial charge in [-0.25, -0.2) is 0 Å². The lowest BCUT2D eigenvalue weighted by atomic mass is 9.98. The molecule has 0 aromatic heterocycles. The average Bonchev–Trinajstić information content (AvgIpc) is 2.51. The summed E-state index contributed by atoms with van der Waals surface area (Å²) in [6.07, 6.45) is -4.76. The summed E-state index contributed by atoms with van der Waals surface area (Å²) in [5, 5.41) is 20.1. The fourth-order valence-electron chi connectivity index (χ4n) is 2.55. The zero-order valence-electron chi connectivity index (χ0n) is 11.1. The molecule has 3 rings (SSSR count). The van der Waals surface area contributed by atoms with Crippen molar-refractivity contribution in [3.05, 3.63) is 35.9 Å². The normalized spacial score (nSPS) is 41.1. The van der Waals surface area contributed by atoms with Crippen LogP contribution in [0.2, 0.25) is 0 Å². The fourth-order valence-corrected chi connectivity index (χ4v) is 2.55. The molecule has 2 fully saturated rings. The maximum absolute atomic E-state index is 10.1. The Kier molecular flexibility index (Phi) is 4.02. The van der Waals surface area contributed by atoms with Gasteiger partial charge in [0.2, 0.25) is 0 Å². The molecule has 2 aliphatic rings. The van der Waals surface area contributed by atoms with E-state index in [-0.39, 0.29) is 6.61 Å². The van der Waals surface area contributed by atoms with Crippen molar-refractivity contribution in [1.82, 2.24) is 0 Å². The van der Waals surface area contributed by atoms with E-state index >= 15 is 0 Å². The molecule has 0 spiro atoms. The first-order chi connectivity index (χ1) is 9.70. The molecule has 0 radical (unpaired) electrons. The Morgan fingerprint density at radius 1 is 1.10 bits per heavy atom. The maximum atomic E-state index is 10.1. The van der Waals surface area contributed by atoms with Gasteiger partial charge in [0.15, 0.2) is 12.6 Å². The molecule has 0 amide bonds. The van der Waals surface area contributed by atoms with Crippen LogP contribution in [-0.4, -0.2) is 54.6 Å². The van der Waals surface area contributed by atoms with Crippen LogP contribution >= 0.6 is 0 Å². The van der Waals surface area contributed by atoms with Crippen LogP contribution in [0.25, 0.3) is 0 Å². The molecule has 2 saturated heterocycles. The second-order valence-corrected chi connectivity index (χ2v) is 4.94. The van der Waals surface area contributed by atoms with E-state index in [4.69, 9.17) is 18.9 Å². The van der Waals surface area contributed by atoms with Gasteiger partial charge in [0, 0.05) is 12.7 Å². The van der Waals surface area contributed by atoms with Crippen molar-refractivity contribution in [2.75, 3.05) is 13.7 Å². The van der Waals surface area contributed by atoms with Gasteiger partial charge < -0.3 is 29.2 Å². The number of aliphatic hydroxyl groups excluding tert-OH is 2. The third-order valence-corrected chi connectivity index (χ3v) is 3.64. The zero-order valence-corrected chi connectivity index (χ0v) is 11.1. The van der Waals surface area contributed by atoms with E-state index in [1.54, 1.807) is 0 Å². The summed E-state index contributed by atoms with van der Waals surface area (Å²) >= 11 is 0. The van der Waals surface area contributed by atoms with Gasteiger partial charge in [0.25, 0.3) is 0 Å². The topological polar surface area (TPSA) is 77.4 Å². The molecule has 2 heterocycles. The second-order valence-electron chi connectivity index (χ2n) is 4.94. The van der Waals surface area contributed by atoms with Gasteiger partial charge in [-0.1, -0.05) is 30.3 Å². The number of hydrogen-bond donors (Lipinski definition) is 2. The van der Waals surface area contributed by atoms with Gasteiger partial charge >= 0.3 is 0 Å². The van der Waals surface area contributed by atoms with Crippen molar-refractivity contribution in [1.29, 1.82) is 0 Å². The standard InChI is InChI=1S/C14H18O6/c1-17-14-11(16)10(15)12-9(19-14)7-18-13(20-12)8-5-3-2-4-6-8/h2-6,9-16H,7H2,1H3/t9?,10?,11?,12-,13?,14+/m1/s1. The van der Waals surface area contributed by atoms with Crippen LogP contribution in [0.3, 0.4) is 0 Å². The Labute approximate surface area is 116 Å². The van der Waals surface area contributed by atoms with Crippen LogP contribution < -0.4 is 0 Å². The first-order valence-electron chi connectivity index (χ1n) is 6.57. The van der Waals surface area contributed by atoms with Gasteiger partial charge in [0.05, 0.1) is 6.61 Å². The maximum Gasteiger partial charge on any atom is 0.186 e. The van der Waals surface area contributed by atoms with E-state index < -0.39 is 37.0 Å². The predicted octanol–water partition coefficient (Wildman–Crippen LogP) is 0.194. The van der Waals surface area contributed by atoms with Crippen LogP contribution in [0.5, 0.6) is 0 Å². The molecular formula is C14H18O6. The minimum absolute atomic E-state index is 0.272. The smallest absolute Gasteiger partial charge is 0.186 e. The lowest BCUT2D eigenvalue weighted by Crippen LogP contribution is -2.62. The largest absolute Gasteiger partial charge is 0.387 e. The highest BCUT2D eigenvalue weighted by Crippen LogP contribution is 2.33. The van der Waals surface area contributed by atoms with Crippen LogP contribution in [0.15, 0.2) is 30.3 Å². The molecule has 2 N–H and O–H groups in total. The molecule has 110 valence electrons. The number of rotatable bonds is 2. The Balaban J connectivity index is 1.74. The van der Waals surface area contributed by atoms with E-state index in [0.717, 1.165) is 5.56 Å². The van der Waals surface area contributed by atoms with E-state index in [0.29, 0.717) is 0 Å². The molecule has 0 aliphatic carbocycles. The Hall–Kier alpha value is -1.02. The molecule has 1 aromatic rings. The van der Waals surface area contributed by atoms with Gasteiger partial charge in [-0.2, -0.15) is 0 Å². The fraction of sp³-hybridized carbons (Fsp3) is 0.571. The average molecular weight is 282 g/mol. The molecule has 0 bridgehead atoms. The highest BCUT2D eigenvalue weighted by Gasteiger charge is 2.48. The Morgan fingerprint density at radius 2 is 1.85 bits per heavy atom. The highest BCUT2D eigenvalue weighted by molar-refractivity contribution is 5.16. The zero-order chi connectivity index (χ0) is 14.1. The van der Waals surface area contributed by atoms with Crippen LogP contribution in [0.1, 0.15) is 11.9 Å². The quantitative estimate of drug-likeness (QED) is 0.806. The first-order valence-corrected chi connectivity index (χ1v) is 6.57. The summed E-state index contributed by atoms with van der Waals surface area (Å²) in [5.74, 6) is 0. The van der Waals surface area contributed by atoms with Gasteiger partial charge in [-0.3, -0.25) is 0 Å². The van der Waals surface area contributed by atoms with E-state index in [1.807, 2.05) is 30.3 Å². The summed E-state index contributed by atoms with van der Waals surface area (Å²) in [7, 11) is 1.41. The first kappa shape index (κ1) is 13.9. The van der Waals surface area contributed by atoms with Crippen molar-refractivity contribution < 1.29 is 29.2 Å². The third kappa shape index (κ3) is 2.46. The Morgan fingerprint density at radius 3 is 2.55 bits per heavy atom. The molecule has 20 heavy (non-hydrogen) atoms. The molecule has 4 unspecified atom stereocenters. The predicted molar refractivity (Wildman–Crippen MR) is 67.7 cm³/mol. The lowest BCUT2D eigenvalue weighted by molar-refractivity contribution is -0.358. The highest BCUT2D eigenvalue weighted by atomic mass is 16.7. The molecule has 1 aromatic carbocycles. The number of methoxy groups -OCH3 is 1. The minimum atomic E-state index is -1.14. The van der Waals surface area contributed by atoms with Gasteiger partial charge in [-0.15, -0.1) is 0 Å². The molecular weight excluding hydrogens is 264 g/mol. The van der Waals surface area contributed by atoms with Crippen molar-refractivity contribution in [3.63, 3.8) is 0 Å². The van der Waals surface area contributed by atoms with E-state index in [9.17, 15) is 10.2 Å². The van der Waals surface area contributed by atoms with Gasteiger partial charge in [-0.05, 0) is 0 Å². The van der Waals surface area contributed by atoms with E-state index in [2.05, 4.69) is 0 Å². The number of fused-ring (bicyclic) bond motifs is 1. The SMILES string of the molecule is CO[C@H]1OC2COC(c3ccccc3)O[C@H]2C(O)C1O. The van der Waals surface area contributed by atoms with Crippen molar-refractivity contribution in [2.24, 2.45) is 0 Å². The number of hydrogen-bond acceptors (Lipinski definition) is 6. The summed E-state index contributed by atoms with van der Waals surface area (Å²) < 4.78 is 21.9. The number of aliphatic hydroxyl groups is 2. The molecule has 6 nitrogen and oxygen atoms in total. The molecule has 6 heteroatoms. The van der Waals surface area contributed by atoms with Crippen LogP contribution in [0.4, 0.5) is 0 Å². The van der Waals surface area contributed by atoms with Crippen molar-refractivity contribution >= 4 is 0 Å². The van der Waals surface area contributed by atoms with Crippen molar-refractivity contribution in [2.45, 2.75) is 37.0 Å². The van der Waals surface area contributed by atoms with Crippen LogP contribution in [0, 0.1) is 0 Å². The monoisotopic (exact) mass is 282 g/mol. The lowest BCUT2D eigenvalue weighted by Gasteiger charge is -2.45. The number of benzene rings is 1. The van der Waals surface area contributed by atoms with Crippen LogP contribution in [-0.2, 0) is 18.9 Å². The third-order valence-electron chi connectivity index (χ3n) is 3.64. The van der Waals surface area contributed by atoms with Gasteiger partial charge in [0.1, 0.15) is 24.4 Å². The summed E-state index contributed by atoms with van der Waals surface area (Å²) in [4.78, 5) is 0. The Bertz CT molecular complexity index is 437. The van der Waals surface area contributed by atoms with Crippen molar-refractivity contribution in [3.8, 4) is 0 Å². The summed E-state index contributed by atoms with van der Waals surface area (Å²) in [6, 6.07) is 9.45. The van der Waals surface area contributed by atoms with E-state index in [1.165, 1.54) is 7.11 Å². The molecule has 6 atom stereocenters. The number of ether oxygens (including phenoxy) is 4. The minimum Gasteiger partial charge on any atom is -0.387 e. The molecule has 0 saturated carbocycles. The molecule has 2 aliphatic heterocycles. The summed E-state index contributed by atoms with van der Waals surface area (Å²) in [5.41, 5.74) is 0.863. The second kappa shape index (κ2) is 5.77.